The first-order chi connectivity index (χ1) is 8.31. The summed E-state index contributed by atoms with van der Waals surface area (Å²) in [6.45, 7) is 3.96. The van der Waals surface area contributed by atoms with Crippen molar-refractivity contribution in [2.24, 2.45) is 0 Å². The van der Waals surface area contributed by atoms with E-state index >= 15 is 0 Å². The summed E-state index contributed by atoms with van der Waals surface area (Å²) in [6, 6.07) is 6.42. The lowest BCUT2D eigenvalue weighted by molar-refractivity contribution is 0.175. The molecule has 0 aromatic carbocycles. The summed E-state index contributed by atoms with van der Waals surface area (Å²) in [5, 5.41) is 12.3. The minimum atomic E-state index is 0.169. The first-order valence-electron chi connectivity index (χ1n) is 5.74. The van der Waals surface area contributed by atoms with Crippen molar-refractivity contribution in [1.29, 1.82) is 5.26 Å². The minimum absolute atomic E-state index is 0.169. The smallest absolute Gasteiger partial charge is 0.106 e. The van der Waals surface area contributed by atoms with Gasteiger partial charge in [0.1, 0.15) is 4.60 Å². The van der Waals surface area contributed by atoms with E-state index in [1.54, 1.807) is 0 Å². The van der Waals surface area contributed by atoms with Gasteiger partial charge in [-0.25, -0.2) is 4.98 Å². The Bertz CT molecular complexity index is 392. The van der Waals surface area contributed by atoms with Gasteiger partial charge in [0.2, 0.25) is 0 Å². The van der Waals surface area contributed by atoms with Crippen molar-refractivity contribution in [3.8, 4) is 6.07 Å². The second kappa shape index (κ2) is 6.10. The number of rotatable bonds is 3. The van der Waals surface area contributed by atoms with Crippen molar-refractivity contribution in [3.63, 3.8) is 0 Å². The van der Waals surface area contributed by atoms with Crippen LogP contribution in [0.2, 0.25) is 0 Å². The Hall–Kier alpha value is -0.960. The van der Waals surface area contributed by atoms with Crippen LogP contribution in [-0.2, 0) is 0 Å². The molecule has 17 heavy (non-hydrogen) atoms. The first-order valence-corrected chi connectivity index (χ1v) is 6.53. The van der Waals surface area contributed by atoms with E-state index in [-0.39, 0.29) is 6.04 Å². The Morgan fingerprint density at radius 3 is 2.82 bits per heavy atom. The van der Waals surface area contributed by atoms with E-state index in [0.29, 0.717) is 6.42 Å². The normalized spacial score (nSPS) is 18.6. The maximum Gasteiger partial charge on any atom is 0.106 e. The van der Waals surface area contributed by atoms with Crippen LogP contribution in [0.4, 0.5) is 0 Å². The van der Waals surface area contributed by atoms with Crippen LogP contribution in [0.1, 0.15) is 18.0 Å². The molecule has 1 aliphatic rings. The number of nitrogens with zero attached hydrogens (tertiary/aromatic N) is 3. The Labute approximate surface area is 110 Å². The Morgan fingerprint density at radius 1 is 1.47 bits per heavy atom. The Balaban J connectivity index is 2.15. The van der Waals surface area contributed by atoms with Crippen molar-refractivity contribution in [1.82, 2.24) is 15.2 Å². The highest BCUT2D eigenvalue weighted by Gasteiger charge is 2.21. The van der Waals surface area contributed by atoms with Gasteiger partial charge in [-0.15, -0.1) is 0 Å². The molecule has 0 amide bonds. The maximum absolute atomic E-state index is 8.96. The van der Waals surface area contributed by atoms with Crippen LogP contribution in [0, 0.1) is 11.3 Å². The van der Waals surface area contributed by atoms with Crippen molar-refractivity contribution >= 4 is 15.9 Å². The molecule has 1 N–H and O–H groups in total. The molecule has 0 aliphatic carbocycles. The van der Waals surface area contributed by atoms with Crippen LogP contribution in [0.25, 0.3) is 0 Å². The standard InChI is InChI=1S/C12H15BrN4/c13-12-2-1-10(9-16-12)11(3-4-14)17-7-5-15-6-8-17/h1-2,9,11,15H,3,5-8H2/t11-/m0/s1. The molecule has 5 heteroatoms. The lowest BCUT2D eigenvalue weighted by atomic mass is 10.0. The highest BCUT2D eigenvalue weighted by atomic mass is 79.9. The molecule has 1 aromatic heterocycles. The summed E-state index contributed by atoms with van der Waals surface area (Å²) in [5.41, 5.74) is 1.12. The Morgan fingerprint density at radius 2 is 2.24 bits per heavy atom. The monoisotopic (exact) mass is 294 g/mol. The summed E-state index contributed by atoms with van der Waals surface area (Å²) in [7, 11) is 0. The molecule has 90 valence electrons. The van der Waals surface area contributed by atoms with E-state index in [1.807, 2.05) is 18.3 Å². The molecule has 0 unspecified atom stereocenters. The van der Waals surface area contributed by atoms with Crippen LogP contribution in [0.3, 0.4) is 0 Å². The predicted octanol–water partition coefficient (Wildman–Crippen LogP) is 1.70. The predicted molar refractivity (Wildman–Crippen MR) is 69.4 cm³/mol. The maximum atomic E-state index is 8.96. The zero-order valence-electron chi connectivity index (χ0n) is 9.56. The van der Waals surface area contributed by atoms with Crippen LogP contribution < -0.4 is 5.32 Å². The van der Waals surface area contributed by atoms with Gasteiger partial charge in [-0.2, -0.15) is 5.26 Å². The van der Waals surface area contributed by atoms with Crippen molar-refractivity contribution < 1.29 is 0 Å². The highest BCUT2D eigenvalue weighted by molar-refractivity contribution is 9.10. The SMILES string of the molecule is N#CC[C@@H](c1ccc(Br)nc1)N1CCNCC1. The second-order valence-corrected chi connectivity index (χ2v) is 4.89. The number of pyridine rings is 1. The van der Waals surface area contributed by atoms with Crippen LogP contribution in [0.15, 0.2) is 22.9 Å². The van der Waals surface area contributed by atoms with E-state index < -0.39 is 0 Å². The summed E-state index contributed by atoms with van der Waals surface area (Å²) >= 11 is 3.33. The fourth-order valence-electron chi connectivity index (χ4n) is 2.12. The summed E-state index contributed by atoms with van der Waals surface area (Å²) in [4.78, 5) is 6.59. The topological polar surface area (TPSA) is 52.0 Å². The number of piperazine rings is 1. The molecule has 2 heterocycles. The summed E-state index contributed by atoms with van der Waals surface area (Å²) in [5.74, 6) is 0. The van der Waals surface area contributed by atoms with Crippen molar-refractivity contribution in [2.45, 2.75) is 12.5 Å². The summed E-state index contributed by atoms with van der Waals surface area (Å²) in [6.07, 6.45) is 2.37. The van der Waals surface area contributed by atoms with Gasteiger partial charge >= 0.3 is 0 Å². The van der Waals surface area contributed by atoms with Gasteiger partial charge in [-0.3, -0.25) is 4.90 Å². The van der Waals surface area contributed by atoms with E-state index in [9.17, 15) is 0 Å². The second-order valence-electron chi connectivity index (χ2n) is 4.08. The van der Waals surface area contributed by atoms with Gasteiger partial charge in [0.25, 0.3) is 0 Å². The lowest BCUT2D eigenvalue weighted by Gasteiger charge is -2.33. The van der Waals surface area contributed by atoms with E-state index in [4.69, 9.17) is 5.26 Å². The number of hydrogen-bond donors (Lipinski definition) is 1. The zero-order chi connectivity index (χ0) is 12.1. The summed E-state index contributed by atoms with van der Waals surface area (Å²) < 4.78 is 0.831. The number of hydrogen-bond acceptors (Lipinski definition) is 4. The largest absolute Gasteiger partial charge is 0.314 e. The number of halogens is 1. The highest BCUT2D eigenvalue weighted by Crippen LogP contribution is 2.24. The fraction of sp³-hybridized carbons (Fsp3) is 0.500. The molecule has 1 aliphatic heterocycles. The van der Waals surface area contributed by atoms with Crippen LogP contribution in [-0.4, -0.2) is 36.1 Å². The number of aromatic nitrogens is 1. The van der Waals surface area contributed by atoms with Gasteiger partial charge in [0.05, 0.1) is 12.5 Å². The van der Waals surface area contributed by atoms with Gasteiger partial charge < -0.3 is 5.32 Å². The van der Waals surface area contributed by atoms with Crippen molar-refractivity contribution in [3.05, 3.63) is 28.5 Å². The lowest BCUT2D eigenvalue weighted by Crippen LogP contribution is -2.45. The van der Waals surface area contributed by atoms with E-state index in [1.165, 1.54) is 0 Å². The average molecular weight is 295 g/mol. The third-order valence-corrected chi connectivity index (χ3v) is 3.48. The quantitative estimate of drug-likeness (QED) is 0.862. The number of nitrogens with one attached hydrogen (secondary N) is 1. The molecular formula is C12H15BrN4. The molecule has 0 radical (unpaired) electrons. The Kier molecular flexibility index (Phi) is 4.49. The minimum Gasteiger partial charge on any atom is -0.314 e. The van der Waals surface area contributed by atoms with Gasteiger partial charge in [0, 0.05) is 38.4 Å². The van der Waals surface area contributed by atoms with Crippen LogP contribution >= 0.6 is 15.9 Å². The van der Waals surface area contributed by atoms with E-state index in [2.05, 4.69) is 37.2 Å². The molecule has 0 spiro atoms. The molecule has 2 rings (SSSR count). The molecule has 1 aromatic rings. The van der Waals surface area contributed by atoms with E-state index in [0.717, 1.165) is 36.3 Å². The van der Waals surface area contributed by atoms with Gasteiger partial charge in [-0.1, -0.05) is 6.07 Å². The molecule has 4 nitrogen and oxygen atoms in total. The molecule has 1 fully saturated rings. The molecule has 0 bridgehead atoms. The zero-order valence-corrected chi connectivity index (χ0v) is 11.2. The van der Waals surface area contributed by atoms with Crippen LogP contribution in [0.5, 0.6) is 0 Å². The van der Waals surface area contributed by atoms with Gasteiger partial charge in [0.15, 0.2) is 0 Å². The van der Waals surface area contributed by atoms with Crippen molar-refractivity contribution in [2.75, 3.05) is 26.2 Å². The molecule has 1 atom stereocenters. The third kappa shape index (κ3) is 3.25. The number of nitriles is 1. The molecular weight excluding hydrogens is 280 g/mol. The fourth-order valence-corrected chi connectivity index (χ4v) is 2.36. The third-order valence-electron chi connectivity index (χ3n) is 3.01. The molecule has 1 saturated heterocycles. The van der Waals surface area contributed by atoms with Gasteiger partial charge in [-0.05, 0) is 27.6 Å². The average Bonchev–Trinajstić information content (AvgIpc) is 2.38. The molecule has 0 saturated carbocycles. The first kappa shape index (κ1) is 12.5.